The number of halogens is 3. The molecular weight excluding hydrogens is 466 g/mol. The number of ether oxygens (including phenoxy) is 3. The molecule has 0 radical (unpaired) electrons. The van der Waals surface area contributed by atoms with E-state index in [2.05, 4.69) is 4.74 Å². The highest BCUT2D eigenvalue weighted by Gasteiger charge is 2.46. The predicted octanol–water partition coefficient (Wildman–Crippen LogP) is 1.59. The van der Waals surface area contributed by atoms with Crippen LogP contribution in [0.1, 0.15) is 23.6 Å². The van der Waals surface area contributed by atoms with Crippen molar-refractivity contribution >= 4 is 11.6 Å². The Morgan fingerprint density at radius 3 is 2.27 bits per heavy atom. The minimum atomic E-state index is -2.95. The molecule has 6 atom stereocenters. The van der Waals surface area contributed by atoms with Crippen molar-refractivity contribution in [3.63, 3.8) is 0 Å². The molecule has 0 saturated carbocycles. The lowest BCUT2D eigenvalue weighted by molar-refractivity contribution is -0.286. The van der Waals surface area contributed by atoms with Gasteiger partial charge in [-0.1, -0.05) is 23.7 Å². The molecule has 5 N–H and O–H groups in total. The molecule has 2 aromatic rings. The molecule has 11 heteroatoms. The van der Waals surface area contributed by atoms with Crippen molar-refractivity contribution in [2.45, 2.75) is 63.4 Å². The Labute approximate surface area is 193 Å². The first-order valence-electron chi connectivity index (χ1n) is 10.1. The van der Waals surface area contributed by atoms with E-state index in [1.807, 2.05) is 0 Å². The van der Waals surface area contributed by atoms with Crippen molar-refractivity contribution in [2.75, 3.05) is 0 Å². The summed E-state index contributed by atoms with van der Waals surface area (Å²) in [4.78, 5) is 0. The van der Waals surface area contributed by atoms with Crippen LogP contribution < -0.4 is 9.47 Å². The average Bonchev–Trinajstić information content (AvgIpc) is 2.76. The fourth-order valence-corrected chi connectivity index (χ4v) is 3.82. The van der Waals surface area contributed by atoms with E-state index in [1.165, 1.54) is 31.2 Å². The SMILES string of the molecule is C[C@@H](O)[C@H]1O[C@@H](Oc2cc(CO)cc(Cl)c2Cc2ccc(OC(F)F)cc2)[C@H](O)[C@@H](O)[C@@H]1O. The Hall–Kier alpha value is -2.05. The molecule has 1 saturated heterocycles. The maximum atomic E-state index is 12.4. The van der Waals surface area contributed by atoms with Gasteiger partial charge in [0.05, 0.1) is 12.7 Å². The summed E-state index contributed by atoms with van der Waals surface area (Å²) < 4.78 is 40.4. The van der Waals surface area contributed by atoms with Gasteiger partial charge in [-0.15, -0.1) is 0 Å². The van der Waals surface area contributed by atoms with Crippen LogP contribution in [0.3, 0.4) is 0 Å². The molecule has 1 fully saturated rings. The summed E-state index contributed by atoms with van der Waals surface area (Å²) >= 11 is 6.40. The second-order valence-corrected chi connectivity index (χ2v) is 8.12. The quantitative estimate of drug-likeness (QED) is 0.377. The molecule has 1 heterocycles. The summed E-state index contributed by atoms with van der Waals surface area (Å²) in [7, 11) is 0. The molecule has 0 bridgehead atoms. The number of aliphatic hydroxyl groups excluding tert-OH is 5. The Morgan fingerprint density at radius 1 is 1.03 bits per heavy atom. The van der Waals surface area contributed by atoms with Crippen LogP contribution in [-0.4, -0.2) is 69.0 Å². The normalized spacial score (nSPS) is 26.3. The van der Waals surface area contributed by atoms with Crippen LogP contribution in [0.2, 0.25) is 5.02 Å². The van der Waals surface area contributed by atoms with Gasteiger partial charge in [-0.25, -0.2) is 0 Å². The molecule has 182 valence electrons. The van der Waals surface area contributed by atoms with Crippen LogP contribution in [-0.2, 0) is 17.8 Å². The molecule has 0 aliphatic carbocycles. The molecule has 8 nitrogen and oxygen atoms in total. The fourth-order valence-electron chi connectivity index (χ4n) is 3.52. The first-order valence-corrected chi connectivity index (χ1v) is 10.5. The number of hydrogen-bond donors (Lipinski definition) is 5. The number of benzene rings is 2. The smallest absolute Gasteiger partial charge is 0.387 e. The second kappa shape index (κ2) is 10.9. The van der Waals surface area contributed by atoms with Crippen molar-refractivity contribution in [3.05, 3.63) is 58.1 Å². The number of rotatable bonds is 8. The van der Waals surface area contributed by atoms with E-state index in [0.29, 0.717) is 16.7 Å². The van der Waals surface area contributed by atoms with Gasteiger partial charge >= 0.3 is 6.61 Å². The first kappa shape index (κ1) is 25.6. The molecule has 33 heavy (non-hydrogen) atoms. The van der Waals surface area contributed by atoms with E-state index in [1.54, 1.807) is 12.1 Å². The van der Waals surface area contributed by atoms with Gasteiger partial charge in [0, 0.05) is 17.0 Å². The second-order valence-electron chi connectivity index (χ2n) is 7.71. The van der Waals surface area contributed by atoms with E-state index < -0.39 is 43.4 Å². The van der Waals surface area contributed by atoms with Gasteiger partial charge in [0.1, 0.15) is 35.9 Å². The van der Waals surface area contributed by atoms with Gasteiger partial charge in [0.2, 0.25) is 6.29 Å². The van der Waals surface area contributed by atoms with E-state index in [0.717, 1.165) is 0 Å². The summed E-state index contributed by atoms with van der Waals surface area (Å²) in [6, 6.07) is 8.86. The molecule has 0 unspecified atom stereocenters. The maximum Gasteiger partial charge on any atom is 0.387 e. The summed E-state index contributed by atoms with van der Waals surface area (Å²) in [5, 5.41) is 50.2. The van der Waals surface area contributed by atoms with Gasteiger partial charge in [-0.3, -0.25) is 0 Å². The van der Waals surface area contributed by atoms with Crippen molar-refractivity contribution in [1.29, 1.82) is 0 Å². The average molecular weight is 491 g/mol. The number of alkyl halides is 2. The zero-order chi connectivity index (χ0) is 24.3. The molecule has 2 aromatic carbocycles. The summed E-state index contributed by atoms with van der Waals surface area (Å²) in [6.07, 6.45) is -8.52. The highest BCUT2D eigenvalue weighted by atomic mass is 35.5. The topological polar surface area (TPSA) is 129 Å². The Morgan fingerprint density at radius 2 is 1.70 bits per heavy atom. The van der Waals surface area contributed by atoms with Crippen LogP contribution >= 0.6 is 11.6 Å². The van der Waals surface area contributed by atoms with E-state index in [9.17, 15) is 34.3 Å². The van der Waals surface area contributed by atoms with Crippen LogP contribution in [0.4, 0.5) is 8.78 Å². The minimum absolute atomic E-state index is 0.0117. The Kier molecular flexibility index (Phi) is 8.46. The Balaban J connectivity index is 1.89. The first-order chi connectivity index (χ1) is 15.6. The van der Waals surface area contributed by atoms with E-state index >= 15 is 0 Å². The van der Waals surface area contributed by atoms with Gasteiger partial charge in [0.25, 0.3) is 0 Å². The molecule has 0 amide bonds. The van der Waals surface area contributed by atoms with Crippen LogP contribution in [0.25, 0.3) is 0 Å². The largest absolute Gasteiger partial charge is 0.462 e. The fraction of sp³-hybridized carbons (Fsp3) is 0.455. The number of aliphatic hydroxyl groups is 5. The molecule has 3 rings (SSSR count). The third-order valence-corrected chi connectivity index (χ3v) is 5.59. The lowest BCUT2D eigenvalue weighted by Crippen LogP contribution is -2.61. The van der Waals surface area contributed by atoms with Crippen molar-refractivity contribution in [3.8, 4) is 11.5 Å². The van der Waals surface area contributed by atoms with Crippen molar-refractivity contribution in [1.82, 2.24) is 0 Å². The van der Waals surface area contributed by atoms with Crippen LogP contribution in [0, 0.1) is 0 Å². The van der Waals surface area contributed by atoms with Crippen LogP contribution in [0.5, 0.6) is 11.5 Å². The van der Waals surface area contributed by atoms with E-state index in [-0.39, 0.29) is 29.5 Å². The van der Waals surface area contributed by atoms with Crippen LogP contribution in [0.15, 0.2) is 36.4 Å². The summed E-state index contributed by atoms with van der Waals surface area (Å²) in [6.45, 7) is -1.95. The molecule has 0 spiro atoms. The predicted molar refractivity (Wildman–Crippen MR) is 112 cm³/mol. The highest BCUT2D eigenvalue weighted by molar-refractivity contribution is 6.31. The molecule has 0 aromatic heterocycles. The molecule has 1 aliphatic heterocycles. The standard InChI is InChI=1S/C22H25ClF2O8/c1-10(27)20-18(29)17(28)19(30)21(33-20)32-16-8-12(9-26)7-15(23)14(16)6-11-2-4-13(5-3-11)31-22(24)25/h2-5,7-8,10,17-22,26-30H,6,9H2,1H3/t10-,17+,18+,19-,20-,21-/m1/s1. The zero-order valence-electron chi connectivity index (χ0n) is 17.5. The third-order valence-electron chi connectivity index (χ3n) is 5.25. The van der Waals surface area contributed by atoms with Gasteiger partial charge < -0.3 is 39.7 Å². The monoisotopic (exact) mass is 490 g/mol. The summed E-state index contributed by atoms with van der Waals surface area (Å²) in [5.41, 5.74) is 1.50. The van der Waals surface area contributed by atoms with Crippen molar-refractivity contribution in [2.24, 2.45) is 0 Å². The van der Waals surface area contributed by atoms with Gasteiger partial charge in [-0.2, -0.15) is 8.78 Å². The van der Waals surface area contributed by atoms with E-state index in [4.69, 9.17) is 21.1 Å². The Bertz CT molecular complexity index is 927. The maximum absolute atomic E-state index is 12.4. The molecule has 1 aliphatic rings. The zero-order valence-corrected chi connectivity index (χ0v) is 18.3. The summed E-state index contributed by atoms with van der Waals surface area (Å²) in [5.74, 6) is 0.110. The molecular formula is C22H25ClF2O8. The number of hydrogen-bond acceptors (Lipinski definition) is 8. The minimum Gasteiger partial charge on any atom is -0.462 e. The third kappa shape index (κ3) is 6.10. The van der Waals surface area contributed by atoms with Crippen molar-refractivity contribution < 1.29 is 48.5 Å². The highest BCUT2D eigenvalue weighted by Crippen LogP contribution is 2.34. The lowest BCUT2D eigenvalue weighted by Gasteiger charge is -2.41. The van der Waals surface area contributed by atoms with Gasteiger partial charge in [0.15, 0.2) is 0 Å². The van der Waals surface area contributed by atoms with Gasteiger partial charge in [-0.05, 0) is 42.3 Å². The lowest BCUT2D eigenvalue weighted by atomic mass is 9.96.